The third-order valence-electron chi connectivity index (χ3n) is 3.43. The molecule has 0 aromatic carbocycles. The van der Waals surface area contributed by atoms with Crippen molar-refractivity contribution in [3.05, 3.63) is 21.9 Å². The quantitative estimate of drug-likeness (QED) is 0.871. The second-order valence-electron chi connectivity index (χ2n) is 4.57. The highest BCUT2D eigenvalue weighted by Gasteiger charge is 2.33. The number of aryl methyl sites for hydroxylation is 1. The molecular formula is C13H21NOS. The molecule has 3 heteroatoms. The molecule has 0 spiro atoms. The molecule has 1 aliphatic rings. The first-order valence-corrected chi connectivity index (χ1v) is 7.01. The van der Waals surface area contributed by atoms with Crippen molar-refractivity contribution < 1.29 is 4.74 Å². The van der Waals surface area contributed by atoms with Gasteiger partial charge in [0.15, 0.2) is 0 Å². The van der Waals surface area contributed by atoms with E-state index in [0.717, 1.165) is 13.2 Å². The van der Waals surface area contributed by atoms with Gasteiger partial charge in [0.1, 0.15) is 0 Å². The molecule has 0 aliphatic carbocycles. The van der Waals surface area contributed by atoms with Crippen LogP contribution in [0.3, 0.4) is 0 Å². The zero-order valence-corrected chi connectivity index (χ0v) is 11.1. The van der Waals surface area contributed by atoms with Gasteiger partial charge in [-0.05, 0) is 42.8 Å². The fourth-order valence-corrected chi connectivity index (χ4v) is 3.23. The summed E-state index contributed by atoms with van der Waals surface area (Å²) in [4.78, 5) is 1.41. The van der Waals surface area contributed by atoms with Crippen molar-refractivity contribution in [3.63, 3.8) is 0 Å². The SMILES string of the molecule is CCNC(c1ccsc1C)C1OCCC1C. The Kier molecular flexibility index (Phi) is 4.00. The van der Waals surface area contributed by atoms with E-state index in [2.05, 4.69) is 37.5 Å². The zero-order chi connectivity index (χ0) is 11.5. The van der Waals surface area contributed by atoms with E-state index < -0.39 is 0 Å². The summed E-state index contributed by atoms with van der Waals surface area (Å²) >= 11 is 1.82. The zero-order valence-electron chi connectivity index (χ0n) is 10.3. The minimum Gasteiger partial charge on any atom is -0.376 e. The van der Waals surface area contributed by atoms with Crippen LogP contribution in [0.2, 0.25) is 0 Å². The number of hydrogen-bond donors (Lipinski definition) is 1. The fraction of sp³-hybridized carbons (Fsp3) is 0.692. The lowest BCUT2D eigenvalue weighted by atomic mass is 9.93. The average molecular weight is 239 g/mol. The van der Waals surface area contributed by atoms with Gasteiger partial charge in [-0.3, -0.25) is 0 Å². The number of likely N-dealkylation sites (N-methyl/N-ethyl adjacent to an activating group) is 1. The standard InChI is InChI=1S/C13H21NOS/c1-4-14-12(11-6-8-16-10(11)3)13-9(2)5-7-15-13/h6,8-9,12-14H,4-5,7H2,1-3H3. The Morgan fingerprint density at radius 1 is 1.62 bits per heavy atom. The van der Waals surface area contributed by atoms with Gasteiger partial charge in [0, 0.05) is 11.5 Å². The Morgan fingerprint density at radius 2 is 2.44 bits per heavy atom. The highest BCUT2D eigenvalue weighted by atomic mass is 32.1. The smallest absolute Gasteiger partial charge is 0.0796 e. The molecule has 0 bridgehead atoms. The van der Waals surface area contributed by atoms with Gasteiger partial charge >= 0.3 is 0 Å². The molecule has 0 amide bonds. The molecule has 1 saturated heterocycles. The van der Waals surface area contributed by atoms with E-state index in [1.807, 2.05) is 11.3 Å². The molecule has 0 saturated carbocycles. The summed E-state index contributed by atoms with van der Waals surface area (Å²) in [6.07, 6.45) is 1.53. The fourth-order valence-electron chi connectivity index (χ4n) is 2.48. The van der Waals surface area contributed by atoms with Crippen molar-refractivity contribution in [3.8, 4) is 0 Å². The summed E-state index contributed by atoms with van der Waals surface area (Å²) in [5, 5.41) is 5.76. The number of ether oxygens (including phenoxy) is 1. The van der Waals surface area contributed by atoms with Gasteiger partial charge in [0.25, 0.3) is 0 Å². The van der Waals surface area contributed by atoms with Gasteiger partial charge in [-0.1, -0.05) is 13.8 Å². The normalized spacial score (nSPS) is 27.2. The summed E-state index contributed by atoms with van der Waals surface area (Å²) in [7, 11) is 0. The Labute approximate surface area is 102 Å². The van der Waals surface area contributed by atoms with Gasteiger partial charge in [0.2, 0.25) is 0 Å². The second kappa shape index (κ2) is 5.30. The summed E-state index contributed by atoms with van der Waals surface area (Å²) in [5.41, 5.74) is 1.42. The molecular weight excluding hydrogens is 218 g/mol. The molecule has 1 aromatic heterocycles. The van der Waals surface area contributed by atoms with E-state index in [-0.39, 0.29) is 0 Å². The van der Waals surface area contributed by atoms with Crippen LogP contribution < -0.4 is 5.32 Å². The highest BCUT2D eigenvalue weighted by Crippen LogP contribution is 2.34. The maximum atomic E-state index is 5.90. The van der Waals surface area contributed by atoms with E-state index in [0.29, 0.717) is 18.1 Å². The van der Waals surface area contributed by atoms with E-state index in [1.165, 1.54) is 16.9 Å². The number of nitrogens with one attached hydrogen (secondary N) is 1. The molecule has 1 aliphatic heterocycles. The minimum absolute atomic E-state index is 0.341. The maximum Gasteiger partial charge on any atom is 0.0796 e. The van der Waals surface area contributed by atoms with Gasteiger partial charge in [0.05, 0.1) is 12.1 Å². The van der Waals surface area contributed by atoms with Crippen LogP contribution in [-0.2, 0) is 4.74 Å². The van der Waals surface area contributed by atoms with Crippen LogP contribution in [0.25, 0.3) is 0 Å². The number of thiophene rings is 1. The molecule has 90 valence electrons. The van der Waals surface area contributed by atoms with Crippen LogP contribution in [0.15, 0.2) is 11.4 Å². The van der Waals surface area contributed by atoms with Crippen molar-refractivity contribution >= 4 is 11.3 Å². The van der Waals surface area contributed by atoms with Crippen molar-refractivity contribution in [2.24, 2.45) is 5.92 Å². The Bertz CT molecular complexity index is 336. The number of rotatable bonds is 4. The van der Waals surface area contributed by atoms with Crippen LogP contribution in [0.1, 0.15) is 36.8 Å². The molecule has 2 nitrogen and oxygen atoms in total. The summed E-state index contributed by atoms with van der Waals surface area (Å²) in [5.74, 6) is 0.656. The van der Waals surface area contributed by atoms with Crippen LogP contribution >= 0.6 is 11.3 Å². The molecule has 1 N–H and O–H groups in total. The van der Waals surface area contributed by atoms with Gasteiger partial charge in [-0.15, -0.1) is 11.3 Å². The Hall–Kier alpha value is -0.380. The van der Waals surface area contributed by atoms with Crippen LogP contribution in [0.5, 0.6) is 0 Å². The van der Waals surface area contributed by atoms with Crippen LogP contribution in [-0.4, -0.2) is 19.3 Å². The van der Waals surface area contributed by atoms with Crippen molar-refractivity contribution in [1.82, 2.24) is 5.32 Å². The average Bonchev–Trinajstić information content (AvgIpc) is 2.84. The van der Waals surface area contributed by atoms with Crippen LogP contribution in [0, 0.1) is 12.8 Å². The third-order valence-corrected chi connectivity index (χ3v) is 4.29. The van der Waals surface area contributed by atoms with Crippen molar-refractivity contribution in [2.75, 3.05) is 13.2 Å². The summed E-state index contributed by atoms with van der Waals surface area (Å²) in [6, 6.07) is 2.61. The highest BCUT2D eigenvalue weighted by molar-refractivity contribution is 7.10. The lowest BCUT2D eigenvalue weighted by molar-refractivity contribution is 0.0612. The van der Waals surface area contributed by atoms with Gasteiger partial charge in [-0.2, -0.15) is 0 Å². The van der Waals surface area contributed by atoms with E-state index >= 15 is 0 Å². The molecule has 0 radical (unpaired) electrons. The molecule has 2 rings (SSSR count). The molecule has 16 heavy (non-hydrogen) atoms. The minimum atomic E-state index is 0.341. The predicted molar refractivity (Wildman–Crippen MR) is 69.0 cm³/mol. The summed E-state index contributed by atoms with van der Waals surface area (Å²) in [6.45, 7) is 8.56. The summed E-state index contributed by atoms with van der Waals surface area (Å²) < 4.78 is 5.90. The monoisotopic (exact) mass is 239 g/mol. The van der Waals surface area contributed by atoms with Crippen LogP contribution in [0.4, 0.5) is 0 Å². The molecule has 1 fully saturated rings. The largest absolute Gasteiger partial charge is 0.376 e. The van der Waals surface area contributed by atoms with Crippen molar-refractivity contribution in [1.29, 1.82) is 0 Å². The lowest BCUT2D eigenvalue weighted by Gasteiger charge is -2.27. The molecule has 3 unspecified atom stereocenters. The molecule has 2 heterocycles. The predicted octanol–water partition coefficient (Wildman–Crippen LogP) is 3.13. The van der Waals surface area contributed by atoms with Crippen molar-refractivity contribution in [2.45, 2.75) is 39.3 Å². The molecule has 3 atom stereocenters. The topological polar surface area (TPSA) is 21.3 Å². The Morgan fingerprint density at radius 3 is 2.94 bits per heavy atom. The second-order valence-corrected chi connectivity index (χ2v) is 5.69. The first-order chi connectivity index (χ1) is 7.74. The first-order valence-electron chi connectivity index (χ1n) is 6.13. The van der Waals surface area contributed by atoms with Gasteiger partial charge in [-0.25, -0.2) is 0 Å². The Balaban J connectivity index is 2.20. The molecule has 1 aromatic rings. The maximum absolute atomic E-state index is 5.90. The van der Waals surface area contributed by atoms with E-state index in [4.69, 9.17) is 4.74 Å². The number of hydrogen-bond acceptors (Lipinski definition) is 3. The van der Waals surface area contributed by atoms with Gasteiger partial charge < -0.3 is 10.1 Å². The van der Waals surface area contributed by atoms with E-state index in [9.17, 15) is 0 Å². The lowest BCUT2D eigenvalue weighted by Crippen LogP contribution is -2.34. The van der Waals surface area contributed by atoms with E-state index in [1.54, 1.807) is 0 Å². The first kappa shape index (κ1) is 12.1. The third kappa shape index (κ3) is 2.31.